The standard InChI is InChI=1S/C21H18N2O2S/c24-20(15-26-17-11-5-2-6-12-17)23-19-14-8-7-13-18(19)21(25)22-16-9-3-1-4-10-16/h1-14H,15H2,(H,22,25)(H,23,24). The minimum atomic E-state index is -0.261. The summed E-state index contributed by atoms with van der Waals surface area (Å²) < 4.78 is 0. The molecule has 3 rings (SSSR count). The second-order valence-electron chi connectivity index (χ2n) is 5.52. The first-order valence-electron chi connectivity index (χ1n) is 8.15. The Balaban J connectivity index is 1.65. The molecule has 0 aliphatic heterocycles. The Labute approximate surface area is 156 Å². The minimum absolute atomic E-state index is 0.154. The van der Waals surface area contributed by atoms with E-state index in [1.54, 1.807) is 24.3 Å². The van der Waals surface area contributed by atoms with Crippen molar-refractivity contribution in [3.8, 4) is 0 Å². The quantitative estimate of drug-likeness (QED) is 0.627. The highest BCUT2D eigenvalue weighted by Gasteiger charge is 2.13. The normalized spacial score (nSPS) is 10.2. The fourth-order valence-electron chi connectivity index (χ4n) is 2.36. The van der Waals surface area contributed by atoms with Gasteiger partial charge in [-0.15, -0.1) is 11.8 Å². The number of hydrogen-bond acceptors (Lipinski definition) is 3. The van der Waals surface area contributed by atoms with Crippen LogP contribution in [0, 0.1) is 0 Å². The van der Waals surface area contributed by atoms with Gasteiger partial charge >= 0.3 is 0 Å². The second-order valence-corrected chi connectivity index (χ2v) is 6.56. The van der Waals surface area contributed by atoms with Crippen molar-refractivity contribution in [3.63, 3.8) is 0 Å². The predicted molar refractivity (Wildman–Crippen MR) is 107 cm³/mol. The third-order valence-corrected chi connectivity index (χ3v) is 4.60. The first kappa shape index (κ1) is 17.8. The van der Waals surface area contributed by atoms with E-state index >= 15 is 0 Å². The van der Waals surface area contributed by atoms with Gasteiger partial charge in [-0.25, -0.2) is 0 Å². The molecule has 4 nitrogen and oxygen atoms in total. The van der Waals surface area contributed by atoms with Crippen molar-refractivity contribution in [2.24, 2.45) is 0 Å². The molecule has 3 aromatic carbocycles. The molecule has 0 aliphatic rings. The second kappa shape index (κ2) is 8.87. The maximum absolute atomic E-state index is 12.5. The van der Waals surface area contributed by atoms with Crippen molar-refractivity contribution in [2.45, 2.75) is 4.90 Å². The van der Waals surface area contributed by atoms with E-state index in [0.29, 0.717) is 16.9 Å². The van der Waals surface area contributed by atoms with E-state index in [0.717, 1.165) is 4.90 Å². The van der Waals surface area contributed by atoms with Crippen molar-refractivity contribution in [2.75, 3.05) is 16.4 Å². The van der Waals surface area contributed by atoms with Crippen LogP contribution in [0.4, 0.5) is 11.4 Å². The van der Waals surface area contributed by atoms with E-state index in [9.17, 15) is 9.59 Å². The molecule has 0 bridgehead atoms. The molecule has 0 spiro atoms. The van der Waals surface area contributed by atoms with Gasteiger partial charge in [-0.05, 0) is 36.4 Å². The van der Waals surface area contributed by atoms with E-state index in [4.69, 9.17) is 0 Å². The Morgan fingerprint density at radius 3 is 2.08 bits per heavy atom. The first-order valence-corrected chi connectivity index (χ1v) is 9.14. The van der Waals surface area contributed by atoms with Crippen molar-refractivity contribution < 1.29 is 9.59 Å². The molecule has 5 heteroatoms. The first-order chi connectivity index (χ1) is 12.7. The molecule has 3 aromatic rings. The molecule has 0 atom stereocenters. The number of carbonyl (C=O) groups excluding carboxylic acids is 2. The molecule has 0 fully saturated rings. The summed E-state index contributed by atoms with van der Waals surface area (Å²) in [6.45, 7) is 0. The summed E-state index contributed by atoms with van der Waals surface area (Å²) in [5.74, 6) is -0.139. The average Bonchev–Trinajstić information content (AvgIpc) is 2.68. The molecule has 26 heavy (non-hydrogen) atoms. The number of rotatable bonds is 6. The minimum Gasteiger partial charge on any atom is -0.325 e. The van der Waals surface area contributed by atoms with Gasteiger partial charge in [0.15, 0.2) is 0 Å². The lowest BCUT2D eigenvalue weighted by Gasteiger charge is -2.11. The number of carbonyl (C=O) groups is 2. The lowest BCUT2D eigenvalue weighted by molar-refractivity contribution is -0.113. The highest BCUT2D eigenvalue weighted by Crippen LogP contribution is 2.20. The van der Waals surface area contributed by atoms with Crippen LogP contribution in [0.1, 0.15) is 10.4 Å². The summed E-state index contributed by atoms with van der Waals surface area (Å²) in [6, 6.07) is 25.9. The molecule has 0 radical (unpaired) electrons. The average molecular weight is 362 g/mol. The summed E-state index contributed by atoms with van der Waals surface area (Å²) in [5, 5.41) is 5.66. The van der Waals surface area contributed by atoms with Crippen molar-refractivity contribution >= 4 is 35.0 Å². The largest absolute Gasteiger partial charge is 0.325 e. The maximum atomic E-state index is 12.5. The van der Waals surface area contributed by atoms with E-state index in [2.05, 4.69) is 10.6 Å². The molecular weight excluding hydrogens is 344 g/mol. The Morgan fingerprint density at radius 1 is 0.731 bits per heavy atom. The molecule has 2 N–H and O–H groups in total. The lowest BCUT2D eigenvalue weighted by Crippen LogP contribution is -2.19. The monoisotopic (exact) mass is 362 g/mol. The van der Waals surface area contributed by atoms with E-state index in [1.807, 2.05) is 60.7 Å². The van der Waals surface area contributed by atoms with Gasteiger partial charge < -0.3 is 10.6 Å². The SMILES string of the molecule is O=C(CSc1ccccc1)Nc1ccccc1C(=O)Nc1ccccc1. The zero-order valence-electron chi connectivity index (χ0n) is 14.0. The highest BCUT2D eigenvalue weighted by molar-refractivity contribution is 8.00. The van der Waals surface area contributed by atoms with Crippen molar-refractivity contribution in [1.82, 2.24) is 0 Å². The molecule has 0 heterocycles. The van der Waals surface area contributed by atoms with Crippen LogP contribution < -0.4 is 10.6 Å². The van der Waals surface area contributed by atoms with Crippen LogP contribution in [0.25, 0.3) is 0 Å². The van der Waals surface area contributed by atoms with Gasteiger partial charge in [0.25, 0.3) is 5.91 Å². The Morgan fingerprint density at radius 2 is 1.35 bits per heavy atom. The summed E-state index contributed by atoms with van der Waals surface area (Å²) in [7, 11) is 0. The van der Waals surface area contributed by atoms with Crippen LogP contribution in [0.3, 0.4) is 0 Å². The van der Waals surface area contributed by atoms with E-state index < -0.39 is 0 Å². The van der Waals surface area contributed by atoms with Crippen LogP contribution >= 0.6 is 11.8 Å². The topological polar surface area (TPSA) is 58.2 Å². The third-order valence-electron chi connectivity index (χ3n) is 3.59. The fourth-order valence-corrected chi connectivity index (χ4v) is 3.08. The molecular formula is C21H18N2O2S. The summed E-state index contributed by atoms with van der Waals surface area (Å²) >= 11 is 1.45. The van der Waals surface area contributed by atoms with E-state index in [1.165, 1.54) is 11.8 Å². The Kier molecular flexibility index (Phi) is 6.06. The number of amides is 2. The summed E-state index contributed by atoms with van der Waals surface area (Å²) in [6.07, 6.45) is 0. The van der Waals surface area contributed by atoms with E-state index in [-0.39, 0.29) is 17.6 Å². The molecule has 0 unspecified atom stereocenters. The lowest BCUT2D eigenvalue weighted by atomic mass is 10.1. The fraction of sp³-hybridized carbons (Fsp3) is 0.0476. The van der Waals surface area contributed by atoms with Crippen molar-refractivity contribution in [1.29, 1.82) is 0 Å². The van der Waals surface area contributed by atoms with Crippen LogP contribution in [-0.2, 0) is 4.79 Å². The van der Waals surface area contributed by atoms with Gasteiger partial charge in [0, 0.05) is 10.6 Å². The molecule has 0 aliphatic carbocycles. The van der Waals surface area contributed by atoms with Gasteiger partial charge in [0.2, 0.25) is 5.91 Å². The number of para-hydroxylation sites is 2. The van der Waals surface area contributed by atoms with Gasteiger partial charge in [-0.2, -0.15) is 0 Å². The molecule has 0 aromatic heterocycles. The van der Waals surface area contributed by atoms with Crippen LogP contribution in [-0.4, -0.2) is 17.6 Å². The Bertz CT molecular complexity index is 883. The Hall–Kier alpha value is -3.05. The third kappa shape index (κ3) is 4.97. The smallest absolute Gasteiger partial charge is 0.257 e. The summed E-state index contributed by atoms with van der Waals surface area (Å²) in [5.41, 5.74) is 1.63. The van der Waals surface area contributed by atoms with Crippen LogP contribution in [0.2, 0.25) is 0 Å². The van der Waals surface area contributed by atoms with Gasteiger partial charge in [0.05, 0.1) is 17.0 Å². The van der Waals surface area contributed by atoms with Gasteiger partial charge in [0.1, 0.15) is 0 Å². The molecule has 0 saturated heterocycles. The number of benzene rings is 3. The van der Waals surface area contributed by atoms with Crippen LogP contribution in [0.5, 0.6) is 0 Å². The number of thioether (sulfide) groups is 1. The number of hydrogen-bond donors (Lipinski definition) is 2. The highest BCUT2D eigenvalue weighted by atomic mass is 32.2. The maximum Gasteiger partial charge on any atom is 0.257 e. The zero-order chi connectivity index (χ0) is 18.2. The predicted octanol–water partition coefficient (Wildman–Crippen LogP) is 4.67. The molecule has 130 valence electrons. The molecule has 2 amide bonds. The zero-order valence-corrected chi connectivity index (χ0v) is 14.8. The van der Waals surface area contributed by atoms with Crippen molar-refractivity contribution in [3.05, 3.63) is 90.5 Å². The molecule has 0 saturated carbocycles. The summed E-state index contributed by atoms with van der Waals surface area (Å²) in [4.78, 5) is 25.8. The van der Waals surface area contributed by atoms with Gasteiger partial charge in [-0.3, -0.25) is 9.59 Å². The van der Waals surface area contributed by atoms with Crippen LogP contribution in [0.15, 0.2) is 89.8 Å². The van der Waals surface area contributed by atoms with Gasteiger partial charge in [-0.1, -0.05) is 48.5 Å². The number of anilines is 2. The number of nitrogens with one attached hydrogen (secondary N) is 2.